The Morgan fingerprint density at radius 1 is 1.15 bits per heavy atom. The summed E-state index contributed by atoms with van der Waals surface area (Å²) in [6, 6.07) is 9.26. The first-order valence-corrected chi connectivity index (χ1v) is 8.70. The fourth-order valence-electron chi connectivity index (χ4n) is 3.16. The number of halogens is 1. The summed E-state index contributed by atoms with van der Waals surface area (Å²) in [5.74, 6) is 0.342. The lowest BCUT2D eigenvalue weighted by molar-refractivity contribution is 0.677. The van der Waals surface area contributed by atoms with Crippen LogP contribution in [0.1, 0.15) is 17.0 Å². The highest BCUT2D eigenvalue weighted by Gasteiger charge is 2.19. The van der Waals surface area contributed by atoms with Crippen LogP contribution in [0, 0.1) is 13.8 Å². The average Bonchev–Trinajstić information content (AvgIpc) is 3.11. The Bertz CT molecular complexity index is 1280. The molecule has 4 aromatic rings. The van der Waals surface area contributed by atoms with E-state index in [9.17, 15) is 9.59 Å². The third kappa shape index (κ3) is 2.87. The van der Waals surface area contributed by atoms with Gasteiger partial charge in [0.1, 0.15) is 5.65 Å². The fraction of sp³-hybridized carbons (Fsp3) is 0.222. The van der Waals surface area contributed by atoms with Crippen LogP contribution in [-0.4, -0.2) is 28.9 Å². The van der Waals surface area contributed by atoms with Gasteiger partial charge in [0, 0.05) is 17.8 Å². The van der Waals surface area contributed by atoms with E-state index in [1.807, 2.05) is 32.0 Å². The Morgan fingerprint density at radius 3 is 2.48 bits per heavy atom. The van der Waals surface area contributed by atoms with Crippen molar-refractivity contribution in [3.63, 3.8) is 0 Å². The second kappa shape index (κ2) is 6.24. The molecule has 0 aliphatic carbocycles. The Labute approximate surface area is 158 Å². The van der Waals surface area contributed by atoms with Crippen molar-refractivity contribution in [2.45, 2.75) is 20.4 Å². The molecule has 1 N–H and O–H groups in total. The van der Waals surface area contributed by atoms with Crippen molar-refractivity contribution in [1.29, 1.82) is 0 Å². The number of imidazole rings is 1. The van der Waals surface area contributed by atoms with Crippen LogP contribution in [0.3, 0.4) is 0 Å². The van der Waals surface area contributed by atoms with Crippen molar-refractivity contribution < 1.29 is 0 Å². The number of H-pyrrole nitrogens is 1. The van der Waals surface area contributed by atoms with Gasteiger partial charge in [-0.15, -0.1) is 0 Å². The van der Waals surface area contributed by atoms with Gasteiger partial charge < -0.3 is 0 Å². The van der Waals surface area contributed by atoms with Crippen molar-refractivity contribution in [3.8, 4) is 5.95 Å². The maximum absolute atomic E-state index is 12.6. The molecular formula is C18H17ClN6O2. The summed E-state index contributed by atoms with van der Waals surface area (Å²) in [5, 5.41) is 5.08. The van der Waals surface area contributed by atoms with Crippen LogP contribution < -0.4 is 11.2 Å². The van der Waals surface area contributed by atoms with Gasteiger partial charge in [-0.2, -0.15) is 10.1 Å². The van der Waals surface area contributed by atoms with E-state index in [4.69, 9.17) is 11.6 Å². The van der Waals surface area contributed by atoms with E-state index in [0.717, 1.165) is 17.0 Å². The molecule has 138 valence electrons. The molecule has 8 nitrogen and oxygen atoms in total. The fourth-order valence-corrected chi connectivity index (χ4v) is 3.29. The van der Waals surface area contributed by atoms with Gasteiger partial charge in [0.25, 0.3) is 0 Å². The molecule has 0 saturated heterocycles. The number of nitrogens with one attached hydrogen (secondary N) is 1. The minimum Gasteiger partial charge on any atom is -0.291 e. The summed E-state index contributed by atoms with van der Waals surface area (Å²) >= 11 is 5.98. The zero-order chi connectivity index (χ0) is 19.3. The van der Waals surface area contributed by atoms with Gasteiger partial charge in [0.2, 0.25) is 5.95 Å². The zero-order valence-corrected chi connectivity index (χ0v) is 15.8. The lowest BCUT2D eigenvalue weighted by Crippen LogP contribution is -2.23. The SMILES string of the molecule is Cc1cc(C)n(-c2nc(=O)c3c([nH]c(=O)n3C)n2Cc2ccc(Cl)cc2)n1. The van der Waals surface area contributed by atoms with Crippen LogP contribution in [0.15, 0.2) is 39.9 Å². The predicted molar refractivity (Wildman–Crippen MR) is 103 cm³/mol. The maximum Gasteiger partial charge on any atom is 0.327 e. The molecule has 0 spiro atoms. The summed E-state index contributed by atoms with van der Waals surface area (Å²) in [5.41, 5.74) is 2.35. The first-order valence-electron chi connectivity index (χ1n) is 8.33. The molecule has 0 amide bonds. The first-order chi connectivity index (χ1) is 12.8. The molecule has 27 heavy (non-hydrogen) atoms. The summed E-state index contributed by atoms with van der Waals surface area (Å²) in [6.45, 7) is 4.14. The molecular weight excluding hydrogens is 368 g/mol. The second-order valence-electron chi connectivity index (χ2n) is 6.45. The van der Waals surface area contributed by atoms with Crippen LogP contribution in [0.5, 0.6) is 0 Å². The molecule has 1 aromatic carbocycles. The zero-order valence-electron chi connectivity index (χ0n) is 15.0. The highest BCUT2D eigenvalue weighted by atomic mass is 35.5. The van der Waals surface area contributed by atoms with E-state index < -0.39 is 5.56 Å². The Morgan fingerprint density at radius 2 is 1.85 bits per heavy atom. The summed E-state index contributed by atoms with van der Waals surface area (Å²) in [4.78, 5) is 31.8. The van der Waals surface area contributed by atoms with Crippen LogP contribution in [0.2, 0.25) is 5.02 Å². The standard InChI is InChI=1S/C18H17ClN6O2/c1-10-8-11(2)25(22-10)17-21-16(26)14-15(20-18(27)23(14)3)24(17)9-12-4-6-13(19)7-5-12/h4-8H,9H2,1-3H3,(H,20,27). The molecule has 0 unspecified atom stereocenters. The third-order valence-corrected chi connectivity index (χ3v) is 4.71. The smallest absolute Gasteiger partial charge is 0.291 e. The van der Waals surface area contributed by atoms with E-state index in [1.54, 1.807) is 28.4 Å². The molecule has 0 aliphatic heterocycles. The first kappa shape index (κ1) is 17.3. The van der Waals surface area contributed by atoms with Crippen molar-refractivity contribution in [1.82, 2.24) is 28.9 Å². The number of aromatic nitrogens is 6. The normalized spacial score (nSPS) is 11.4. The number of aromatic amines is 1. The largest absolute Gasteiger partial charge is 0.327 e. The summed E-state index contributed by atoms with van der Waals surface area (Å²) < 4.78 is 4.66. The topological polar surface area (TPSA) is 90.5 Å². The Kier molecular flexibility index (Phi) is 4.00. The quantitative estimate of drug-likeness (QED) is 0.584. The van der Waals surface area contributed by atoms with Crippen molar-refractivity contribution >= 4 is 22.8 Å². The minimum absolute atomic E-state index is 0.222. The van der Waals surface area contributed by atoms with E-state index in [-0.39, 0.29) is 11.2 Å². The number of fused-ring (bicyclic) bond motifs is 1. The van der Waals surface area contributed by atoms with E-state index in [2.05, 4.69) is 15.1 Å². The molecule has 3 aromatic heterocycles. The van der Waals surface area contributed by atoms with E-state index in [1.165, 1.54) is 4.57 Å². The molecule has 0 saturated carbocycles. The summed E-state index contributed by atoms with van der Waals surface area (Å²) in [7, 11) is 1.54. The van der Waals surface area contributed by atoms with E-state index >= 15 is 0 Å². The van der Waals surface area contributed by atoms with Gasteiger partial charge in [-0.3, -0.25) is 18.9 Å². The van der Waals surface area contributed by atoms with Gasteiger partial charge in [0.05, 0.1) is 12.2 Å². The number of benzene rings is 1. The number of aryl methyl sites for hydroxylation is 3. The Balaban J connectivity index is 2.04. The molecule has 0 aliphatic rings. The molecule has 0 bridgehead atoms. The number of nitrogens with zero attached hydrogens (tertiary/aromatic N) is 5. The second-order valence-corrected chi connectivity index (χ2v) is 6.89. The van der Waals surface area contributed by atoms with Gasteiger partial charge in [-0.25, -0.2) is 9.48 Å². The molecule has 3 heterocycles. The Hall–Kier alpha value is -3.13. The molecule has 0 radical (unpaired) electrons. The lowest BCUT2D eigenvalue weighted by atomic mass is 10.2. The number of rotatable bonds is 3. The predicted octanol–water partition coefficient (Wildman–Crippen LogP) is 1.93. The highest BCUT2D eigenvalue weighted by Crippen LogP contribution is 2.17. The van der Waals surface area contributed by atoms with E-state index in [0.29, 0.717) is 23.2 Å². The minimum atomic E-state index is -0.485. The maximum atomic E-state index is 12.6. The molecule has 4 rings (SSSR count). The van der Waals surface area contributed by atoms with Crippen molar-refractivity contribution in [2.75, 3.05) is 0 Å². The van der Waals surface area contributed by atoms with Crippen molar-refractivity contribution in [2.24, 2.45) is 7.05 Å². The number of hydrogen-bond donors (Lipinski definition) is 1. The summed E-state index contributed by atoms with van der Waals surface area (Å²) in [6.07, 6.45) is 0. The third-order valence-electron chi connectivity index (χ3n) is 4.46. The van der Waals surface area contributed by atoms with Crippen LogP contribution >= 0.6 is 11.6 Å². The van der Waals surface area contributed by atoms with Crippen LogP contribution in [0.4, 0.5) is 0 Å². The molecule has 0 fully saturated rings. The monoisotopic (exact) mass is 384 g/mol. The highest BCUT2D eigenvalue weighted by molar-refractivity contribution is 6.30. The molecule has 9 heteroatoms. The molecule has 0 atom stereocenters. The van der Waals surface area contributed by atoms with Crippen LogP contribution in [0.25, 0.3) is 17.1 Å². The van der Waals surface area contributed by atoms with Gasteiger partial charge in [0.15, 0.2) is 5.52 Å². The number of hydrogen-bond acceptors (Lipinski definition) is 4. The average molecular weight is 385 g/mol. The van der Waals surface area contributed by atoms with Gasteiger partial charge in [-0.05, 0) is 37.6 Å². The van der Waals surface area contributed by atoms with Crippen molar-refractivity contribution in [3.05, 3.63) is 73.1 Å². The van der Waals surface area contributed by atoms with Crippen LogP contribution in [-0.2, 0) is 13.6 Å². The lowest BCUT2D eigenvalue weighted by Gasteiger charge is -2.15. The van der Waals surface area contributed by atoms with Gasteiger partial charge >= 0.3 is 11.2 Å². The van der Waals surface area contributed by atoms with Gasteiger partial charge in [-0.1, -0.05) is 23.7 Å².